The van der Waals surface area contributed by atoms with E-state index in [1.54, 1.807) is 32.0 Å². The third-order valence-electron chi connectivity index (χ3n) is 4.99. The fourth-order valence-corrected chi connectivity index (χ4v) is 4.08. The average molecular weight is 347 g/mol. The van der Waals surface area contributed by atoms with Gasteiger partial charge in [0, 0.05) is 16.6 Å². The lowest BCUT2D eigenvalue weighted by Gasteiger charge is -2.51. The summed E-state index contributed by atoms with van der Waals surface area (Å²) in [6.45, 7) is 5.40. The van der Waals surface area contributed by atoms with Crippen molar-refractivity contribution in [3.63, 3.8) is 0 Å². The quantitative estimate of drug-likeness (QED) is 0.705. The molecule has 0 radical (unpaired) electrons. The molecule has 0 saturated heterocycles. The maximum Gasteiger partial charge on any atom is 0.471 e. The predicted octanol–water partition coefficient (Wildman–Crippen LogP) is 5.07. The van der Waals surface area contributed by atoms with E-state index in [1.807, 2.05) is 43.3 Å². The molecule has 0 bridgehead atoms. The minimum atomic E-state index is -4.91. The van der Waals surface area contributed by atoms with Crippen LogP contribution in [0.25, 0.3) is 0 Å². The van der Waals surface area contributed by atoms with Crippen LogP contribution in [-0.2, 0) is 10.2 Å². The van der Waals surface area contributed by atoms with Gasteiger partial charge in [-0.05, 0) is 37.5 Å². The molecular weight excluding hydrogens is 327 g/mol. The van der Waals surface area contributed by atoms with E-state index in [-0.39, 0.29) is 0 Å². The molecule has 2 aromatic carbocycles. The van der Waals surface area contributed by atoms with Gasteiger partial charge in [0.2, 0.25) is 0 Å². The van der Waals surface area contributed by atoms with Crippen LogP contribution < -0.4 is 4.90 Å². The van der Waals surface area contributed by atoms with Crippen LogP contribution in [0.3, 0.4) is 0 Å². The predicted molar refractivity (Wildman–Crippen MR) is 91.6 cm³/mol. The third kappa shape index (κ3) is 2.81. The summed E-state index contributed by atoms with van der Waals surface area (Å²) in [6.07, 6.45) is -4.52. The summed E-state index contributed by atoms with van der Waals surface area (Å²) in [5, 5.41) is 0. The number of carbonyl (C=O) groups is 1. The Bertz CT molecular complexity index is 798. The molecule has 3 rings (SSSR count). The molecule has 5 heteroatoms. The number of rotatable bonds is 1. The number of alkyl halides is 3. The minimum Gasteiger partial charge on any atom is -0.299 e. The van der Waals surface area contributed by atoms with Gasteiger partial charge in [-0.1, -0.05) is 55.5 Å². The number of hydrogen-bond acceptors (Lipinski definition) is 1. The summed E-state index contributed by atoms with van der Waals surface area (Å²) in [5.41, 5.74) is 0.620. The second-order valence-electron chi connectivity index (χ2n) is 7.34. The molecule has 1 amide bonds. The molecule has 1 aliphatic rings. The Morgan fingerprint density at radius 1 is 0.960 bits per heavy atom. The van der Waals surface area contributed by atoms with Gasteiger partial charge >= 0.3 is 12.1 Å². The van der Waals surface area contributed by atoms with Crippen molar-refractivity contribution in [1.29, 1.82) is 0 Å². The van der Waals surface area contributed by atoms with E-state index in [9.17, 15) is 18.0 Å². The minimum absolute atomic E-state index is 0.326. The van der Waals surface area contributed by atoms with Gasteiger partial charge in [-0.3, -0.25) is 9.69 Å². The maximum absolute atomic E-state index is 13.2. The maximum atomic E-state index is 13.2. The SMILES string of the molecule is CC1(C)C[C@@](C)(c2ccccc2)c2ccccc2N1C(=O)C(F)(F)F. The highest BCUT2D eigenvalue weighted by atomic mass is 19.4. The Balaban J connectivity index is 2.24. The molecule has 1 atom stereocenters. The third-order valence-corrected chi connectivity index (χ3v) is 4.99. The fourth-order valence-electron chi connectivity index (χ4n) is 4.08. The first kappa shape index (κ1) is 17.5. The summed E-state index contributed by atoms with van der Waals surface area (Å²) >= 11 is 0. The molecule has 132 valence electrons. The Hall–Kier alpha value is -2.30. The molecule has 0 spiro atoms. The number of carbonyl (C=O) groups excluding carboxylic acids is 1. The van der Waals surface area contributed by atoms with Gasteiger partial charge in [-0.15, -0.1) is 0 Å². The van der Waals surface area contributed by atoms with Crippen LogP contribution in [0, 0.1) is 0 Å². The van der Waals surface area contributed by atoms with E-state index in [2.05, 4.69) is 0 Å². The van der Waals surface area contributed by atoms with Crippen molar-refractivity contribution in [3.8, 4) is 0 Å². The van der Waals surface area contributed by atoms with E-state index in [1.165, 1.54) is 0 Å². The molecule has 2 aromatic rings. The summed E-state index contributed by atoms with van der Waals surface area (Å²) in [4.78, 5) is 13.1. The molecule has 2 nitrogen and oxygen atoms in total. The smallest absolute Gasteiger partial charge is 0.299 e. The molecule has 0 unspecified atom stereocenters. The average Bonchev–Trinajstić information content (AvgIpc) is 2.54. The van der Waals surface area contributed by atoms with Crippen molar-refractivity contribution in [2.45, 2.75) is 44.3 Å². The number of benzene rings is 2. The Labute approximate surface area is 145 Å². The lowest BCUT2D eigenvalue weighted by atomic mass is 9.65. The van der Waals surface area contributed by atoms with Crippen molar-refractivity contribution >= 4 is 11.6 Å². The van der Waals surface area contributed by atoms with Crippen molar-refractivity contribution in [1.82, 2.24) is 0 Å². The molecule has 0 fully saturated rings. The standard InChI is InChI=1S/C20H20F3NO/c1-18(2)13-19(3,14-9-5-4-6-10-14)15-11-7-8-12-16(15)24(18)17(25)20(21,22)23/h4-12H,13H2,1-3H3/t19-/m0/s1. The molecule has 0 N–H and O–H groups in total. The van der Waals surface area contributed by atoms with E-state index < -0.39 is 23.0 Å². The van der Waals surface area contributed by atoms with Crippen LogP contribution in [-0.4, -0.2) is 17.6 Å². The van der Waals surface area contributed by atoms with E-state index in [0.29, 0.717) is 12.1 Å². The number of halogens is 3. The Morgan fingerprint density at radius 3 is 2.12 bits per heavy atom. The molecular formula is C20H20F3NO. The van der Waals surface area contributed by atoms with Crippen molar-refractivity contribution in [2.75, 3.05) is 4.90 Å². The number of nitrogens with zero attached hydrogens (tertiary/aromatic N) is 1. The summed E-state index contributed by atoms with van der Waals surface area (Å²) < 4.78 is 39.6. The first-order chi connectivity index (χ1) is 11.6. The molecule has 25 heavy (non-hydrogen) atoms. The first-order valence-corrected chi connectivity index (χ1v) is 8.14. The molecule has 0 aliphatic carbocycles. The largest absolute Gasteiger partial charge is 0.471 e. The normalized spacial score (nSPS) is 22.4. The van der Waals surface area contributed by atoms with Gasteiger partial charge < -0.3 is 0 Å². The zero-order valence-corrected chi connectivity index (χ0v) is 14.4. The van der Waals surface area contributed by atoms with Crippen LogP contribution >= 0.6 is 0 Å². The van der Waals surface area contributed by atoms with Gasteiger partial charge in [-0.2, -0.15) is 13.2 Å². The Morgan fingerprint density at radius 2 is 1.52 bits per heavy atom. The zero-order valence-electron chi connectivity index (χ0n) is 14.4. The van der Waals surface area contributed by atoms with Crippen molar-refractivity contribution < 1.29 is 18.0 Å². The molecule has 0 aromatic heterocycles. The highest BCUT2D eigenvalue weighted by molar-refractivity contribution is 6.00. The zero-order chi connectivity index (χ0) is 18.5. The Kier molecular flexibility index (Phi) is 3.93. The number of hydrogen-bond donors (Lipinski definition) is 0. The van der Waals surface area contributed by atoms with Crippen LogP contribution in [0.15, 0.2) is 54.6 Å². The molecule has 1 aliphatic heterocycles. The number of anilines is 1. The first-order valence-electron chi connectivity index (χ1n) is 8.14. The number of fused-ring (bicyclic) bond motifs is 1. The van der Waals surface area contributed by atoms with Crippen LogP contribution in [0.1, 0.15) is 38.3 Å². The molecule has 1 heterocycles. The fraction of sp³-hybridized carbons (Fsp3) is 0.350. The van der Waals surface area contributed by atoms with Gasteiger partial charge in [0.25, 0.3) is 0 Å². The second-order valence-corrected chi connectivity index (χ2v) is 7.34. The topological polar surface area (TPSA) is 20.3 Å². The van der Waals surface area contributed by atoms with E-state index >= 15 is 0 Å². The van der Waals surface area contributed by atoms with Crippen molar-refractivity contribution in [3.05, 3.63) is 65.7 Å². The van der Waals surface area contributed by atoms with E-state index in [4.69, 9.17) is 0 Å². The number of amides is 1. The highest BCUT2D eigenvalue weighted by Gasteiger charge is 2.53. The lowest BCUT2D eigenvalue weighted by molar-refractivity contribution is -0.172. The van der Waals surface area contributed by atoms with Crippen LogP contribution in [0.5, 0.6) is 0 Å². The lowest BCUT2D eigenvalue weighted by Crippen LogP contribution is -2.59. The number of para-hydroxylation sites is 1. The highest BCUT2D eigenvalue weighted by Crippen LogP contribution is 2.51. The van der Waals surface area contributed by atoms with Gasteiger partial charge in [0.15, 0.2) is 0 Å². The van der Waals surface area contributed by atoms with Gasteiger partial charge in [-0.25, -0.2) is 0 Å². The second kappa shape index (κ2) is 5.61. The summed E-state index contributed by atoms with van der Waals surface area (Å²) in [5.74, 6) is -1.82. The van der Waals surface area contributed by atoms with Gasteiger partial charge in [0.05, 0.1) is 0 Å². The summed E-state index contributed by atoms with van der Waals surface area (Å²) in [7, 11) is 0. The summed E-state index contributed by atoms with van der Waals surface area (Å²) in [6, 6.07) is 16.6. The van der Waals surface area contributed by atoms with Crippen LogP contribution in [0.4, 0.5) is 18.9 Å². The van der Waals surface area contributed by atoms with E-state index in [0.717, 1.165) is 16.0 Å². The molecule has 0 saturated carbocycles. The van der Waals surface area contributed by atoms with Gasteiger partial charge in [0.1, 0.15) is 0 Å². The van der Waals surface area contributed by atoms with Crippen LogP contribution in [0.2, 0.25) is 0 Å². The monoisotopic (exact) mass is 347 g/mol. The van der Waals surface area contributed by atoms with Crippen molar-refractivity contribution in [2.24, 2.45) is 0 Å².